The summed E-state index contributed by atoms with van der Waals surface area (Å²) in [6.07, 6.45) is -0.357. The number of phenolic OH excluding ortho intramolecular Hbond substituents is 2. The van der Waals surface area contributed by atoms with Gasteiger partial charge in [-0.1, -0.05) is 5.16 Å². The maximum atomic E-state index is 12.3. The number of oxime groups is 1. The van der Waals surface area contributed by atoms with Gasteiger partial charge in [0.1, 0.15) is 10.9 Å². The molecule has 4 N–H and O–H groups in total. The lowest BCUT2D eigenvalue weighted by atomic mass is 9.86. The molecule has 0 radical (unpaired) electrons. The molecule has 2 aliphatic rings. The summed E-state index contributed by atoms with van der Waals surface area (Å²) in [5.74, 6) is -3.47. The molecule has 5 atom stereocenters. The first-order chi connectivity index (χ1) is 15.5. The van der Waals surface area contributed by atoms with E-state index < -0.39 is 57.6 Å². The molecule has 1 aromatic carbocycles. The minimum atomic E-state index is -2.70. The van der Waals surface area contributed by atoms with Crippen molar-refractivity contribution in [1.29, 1.82) is 0 Å². The lowest BCUT2D eigenvalue weighted by Gasteiger charge is -2.47. The molecule has 13 heteroatoms. The molecule has 180 valence electrons. The second kappa shape index (κ2) is 9.35. The fourth-order valence-corrected chi connectivity index (χ4v) is 4.58. The minimum Gasteiger partial charge on any atom is -0.504 e. The summed E-state index contributed by atoms with van der Waals surface area (Å²) in [5, 5.41) is 32.4. The first kappa shape index (κ1) is 24.5. The largest absolute Gasteiger partial charge is 0.504 e. The molecule has 0 saturated carbocycles. The van der Waals surface area contributed by atoms with Gasteiger partial charge in [0.2, 0.25) is 5.91 Å². The van der Waals surface area contributed by atoms with E-state index in [-0.39, 0.29) is 42.9 Å². The molecule has 0 aromatic heterocycles. The summed E-state index contributed by atoms with van der Waals surface area (Å²) < 4.78 is 25.5. The van der Waals surface area contributed by atoms with Crippen molar-refractivity contribution in [1.82, 2.24) is 4.90 Å². The summed E-state index contributed by atoms with van der Waals surface area (Å²) >= 11 is -2.70. The topological polar surface area (TPSA) is 183 Å². The first-order valence-corrected chi connectivity index (χ1v) is 11.1. The van der Waals surface area contributed by atoms with Gasteiger partial charge < -0.3 is 34.3 Å². The number of esters is 1. The summed E-state index contributed by atoms with van der Waals surface area (Å²) in [6, 6.07) is 1.46. The van der Waals surface area contributed by atoms with Gasteiger partial charge >= 0.3 is 11.9 Å². The van der Waals surface area contributed by atoms with Crippen molar-refractivity contribution in [2.75, 3.05) is 6.61 Å². The Morgan fingerprint density at radius 2 is 2.03 bits per heavy atom. The van der Waals surface area contributed by atoms with Crippen LogP contribution in [0.3, 0.4) is 0 Å². The van der Waals surface area contributed by atoms with E-state index in [1.165, 1.54) is 13.0 Å². The second-order valence-electron chi connectivity index (χ2n) is 8.05. The number of carbonyl (C=O) groups excluding carboxylic acids is 2. The maximum Gasteiger partial charge on any atom is 0.338 e. The van der Waals surface area contributed by atoms with Gasteiger partial charge in [0.05, 0.1) is 17.9 Å². The van der Waals surface area contributed by atoms with Crippen molar-refractivity contribution in [3.8, 4) is 11.5 Å². The molecule has 1 saturated heterocycles. The fourth-order valence-electron chi connectivity index (χ4n) is 3.86. The van der Waals surface area contributed by atoms with Crippen molar-refractivity contribution < 1.29 is 48.0 Å². The van der Waals surface area contributed by atoms with Crippen LogP contribution in [0.1, 0.15) is 43.5 Å². The lowest BCUT2D eigenvalue weighted by molar-refractivity contribution is -0.161. The molecular weight excluding hydrogens is 460 g/mol. The van der Waals surface area contributed by atoms with Crippen LogP contribution in [0.25, 0.3) is 0 Å². The number of rotatable bonds is 9. The van der Waals surface area contributed by atoms with Gasteiger partial charge in [0.15, 0.2) is 28.6 Å². The summed E-state index contributed by atoms with van der Waals surface area (Å²) in [7, 11) is 0. The standard InChI is InChI=1S/C20H24N2O10S/c1-10-7-16(25)22(10)17(18(26)27)20(2,33(29)30)15-9-12(32-21-15)5-6-31-19(28)11-3-4-13(23)14(24)8-11/h3-4,8,10,12,17,23-24H,5-7,9H2,1-2H3,(H,26,27)(H,29,30)/t10-,12?,17+,20+/m1/s1. The van der Waals surface area contributed by atoms with Gasteiger partial charge in [0, 0.05) is 25.3 Å². The summed E-state index contributed by atoms with van der Waals surface area (Å²) in [5.41, 5.74) is 0.0397. The molecule has 2 aliphatic heterocycles. The zero-order valence-electron chi connectivity index (χ0n) is 17.8. The first-order valence-electron chi connectivity index (χ1n) is 10.0. The average Bonchev–Trinajstić information content (AvgIpc) is 3.22. The second-order valence-corrected chi connectivity index (χ2v) is 9.40. The van der Waals surface area contributed by atoms with E-state index in [9.17, 15) is 38.5 Å². The number of aliphatic carboxylic acids is 1. The Hall–Kier alpha value is -3.19. The van der Waals surface area contributed by atoms with Crippen molar-refractivity contribution in [3.05, 3.63) is 23.8 Å². The van der Waals surface area contributed by atoms with Gasteiger partial charge in [-0.15, -0.1) is 0 Å². The highest BCUT2D eigenvalue weighted by atomic mass is 32.2. The number of aromatic hydroxyl groups is 2. The van der Waals surface area contributed by atoms with E-state index in [2.05, 4.69) is 5.16 Å². The van der Waals surface area contributed by atoms with Gasteiger partial charge in [-0.05, 0) is 32.0 Å². The molecule has 1 fully saturated rings. The number of hydrogen-bond donors (Lipinski definition) is 4. The third-order valence-electron chi connectivity index (χ3n) is 5.82. The van der Waals surface area contributed by atoms with E-state index in [0.717, 1.165) is 17.0 Å². The SMILES string of the molecule is C[C@@H]1CC(=O)N1[C@@H](C(=O)O)[C@](C)(C1=NOC(CCOC(=O)c2ccc(O)c(O)c2)C1)S(=O)O. The van der Waals surface area contributed by atoms with Gasteiger partial charge in [-0.3, -0.25) is 4.79 Å². The van der Waals surface area contributed by atoms with Crippen LogP contribution in [0, 0.1) is 0 Å². The van der Waals surface area contributed by atoms with Gasteiger partial charge in [0.25, 0.3) is 0 Å². The van der Waals surface area contributed by atoms with Crippen molar-refractivity contribution >= 4 is 34.6 Å². The quantitative estimate of drug-likeness (QED) is 0.170. The number of carboxylic acid groups (broad SMARTS) is 1. The Labute approximate surface area is 191 Å². The van der Waals surface area contributed by atoms with Gasteiger partial charge in [-0.2, -0.15) is 0 Å². The number of carbonyl (C=O) groups is 3. The molecule has 2 heterocycles. The van der Waals surface area contributed by atoms with Crippen molar-refractivity contribution in [2.24, 2.45) is 5.16 Å². The minimum absolute atomic E-state index is 0.000535. The number of benzene rings is 1. The molecule has 2 unspecified atom stereocenters. The fraction of sp³-hybridized carbons (Fsp3) is 0.500. The molecule has 0 aliphatic carbocycles. The number of amides is 1. The predicted molar refractivity (Wildman–Crippen MR) is 113 cm³/mol. The number of β-lactam (4-membered cyclic amide) rings is 1. The number of carboxylic acids is 1. The van der Waals surface area contributed by atoms with Crippen LogP contribution in [0.5, 0.6) is 11.5 Å². The predicted octanol–water partition coefficient (Wildman–Crippen LogP) is 0.844. The maximum absolute atomic E-state index is 12.3. The van der Waals surface area contributed by atoms with Crippen molar-refractivity contribution in [2.45, 2.75) is 56.0 Å². The highest BCUT2D eigenvalue weighted by molar-refractivity contribution is 7.81. The average molecular weight is 484 g/mol. The van der Waals surface area contributed by atoms with Crippen LogP contribution in [0.15, 0.2) is 23.4 Å². The molecule has 0 bridgehead atoms. The zero-order valence-corrected chi connectivity index (χ0v) is 18.7. The molecular formula is C20H24N2O10S. The highest BCUT2D eigenvalue weighted by Gasteiger charge is 2.57. The highest BCUT2D eigenvalue weighted by Crippen LogP contribution is 2.35. The normalized spacial score (nSPS) is 23.5. The third kappa shape index (κ3) is 4.64. The Balaban J connectivity index is 1.64. The molecule has 1 aromatic rings. The number of nitrogens with zero attached hydrogens (tertiary/aromatic N) is 2. The van der Waals surface area contributed by atoms with Gasteiger partial charge in [-0.25, -0.2) is 13.8 Å². The van der Waals surface area contributed by atoms with E-state index in [1.54, 1.807) is 6.92 Å². The zero-order chi connectivity index (χ0) is 24.5. The molecule has 33 heavy (non-hydrogen) atoms. The lowest BCUT2D eigenvalue weighted by Crippen LogP contribution is -2.68. The van der Waals surface area contributed by atoms with Crippen LogP contribution >= 0.6 is 0 Å². The third-order valence-corrected chi connectivity index (χ3v) is 7.00. The van der Waals surface area contributed by atoms with E-state index in [4.69, 9.17) is 9.57 Å². The number of hydrogen-bond acceptors (Lipinski definition) is 9. The molecule has 12 nitrogen and oxygen atoms in total. The van der Waals surface area contributed by atoms with Crippen molar-refractivity contribution in [3.63, 3.8) is 0 Å². The Bertz CT molecular complexity index is 1030. The van der Waals surface area contributed by atoms with E-state index >= 15 is 0 Å². The number of phenols is 2. The number of ether oxygens (including phenoxy) is 1. The van der Waals surface area contributed by atoms with Crippen LogP contribution in [-0.4, -0.2) is 82.1 Å². The van der Waals surface area contributed by atoms with Crippen LogP contribution in [0.4, 0.5) is 0 Å². The molecule has 3 rings (SSSR count). The smallest absolute Gasteiger partial charge is 0.338 e. The Morgan fingerprint density at radius 3 is 2.58 bits per heavy atom. The summed E-state index contributed by atoms with van der Waals surface area (Å²) in [4.78, 5) is 42.5. The van der Waals surface area contributed by atoms with E-state index in [1.807, 2.05) is 0 Å². The Morgan fingerprint density at radius 1 is 1.33 bits per heavy atom. The van der Waals surface area contributed by atoms with Crippen LogP contribution in [0.2, 0.25) is 0 Å². The van der Waals surface area contributed by atoms with E-state index in [0.29, 0.717) is 0 Å². The van der Waals surface area contributed by atoms with Crippen LogP contribution < -0.4 is 0 Å². The monoisotopic (exact) mass is 484 g/mol. The Kier molecular flexibility index (Phi) is 6.93. The van der Waals surface area contributed by atoms with Crippen LogP contribution in [-0.2, 0) is 30.2 Å². The molecule has 0 spiro atoms. The molecule has 1 amide bonds. The summed E-state index contributed by atoms with van der Waals surface area (Å²) in [6.45, 7) is 2.79. The number of likely N-dealkylation sites (tertiary alicyclic amines) is 1.